The van der Waals surface area contributed by atoms with Gasteiger partial charge in [-0.3, -0.25) is 4.79 Å². The molecule has 1 amide bonds. The molecule has 2 rings (SSSR count). The fraction of sp³-hybridized carbons (Fsp3) is 0.400. The van der Waals surface area contributed by atoms with E-state index in [1.54, 1.807) is 4.90 Å². The van der Waals surface area contributed by atoms with Crippen molar-refractivity contribution in [2.24, 2.45) is 0 Å². The highest BCUT2D eigenvalue weighted by atomic mass is 32.1. The molecule has 1 aromatic heterocycles. The molecular formula is C15H21N3OS. The summed E-state index contributed by atoms with van der Waals surface area (Å²) in [5.74, 6) is 0.0115. The zero-order valence-corrected chi connectivity index (χ0v) is 13.0. The number of nitrogen functional groups attached to an aromatic ring is 1. The summed E-state index contributed by atoms with van der Waals surface area (Å²) in [7, 11) is 3.74. The molecule has 2 aromatic rings. The standard InChI is InChI=1S/C15H21N3OS/c1-10-5-6-12-11(9-10)13(16)14(20-12)15(19)18(3)8-4-7-17-2/h5-6,9,17H,4,7-8,16H2,1-3H3. The minimum atomic E-state index is 0.0115. The zero-order chi connectivity index (χ0) is 14.7. The molecule has 0 atom stereocenters. The van der Waals surface area contributed by atoms with Crippen molar-refractivity contribution in [3.8, 4) is 0 Å². The van der Waals surface area contributed by atoms with E-state index in [-0.39, 0.29) is 5.91 Å². The number of hydrogen-bond donors (Lipinski definition) is 2. The second kappa shape index (κ2) is 6.24. The van der Waals surface area contributed by atoms with Gasteiger partial charge in [0.05, 0.1) is 5.69 Å². The summed E-state index contributed by atoms with van der Waals surface area (Å²) in [4.78, 5) is 14.8. The number of thiophene rings is 1. The molecule has 5 heteroatoms. The molecule has 0 saturated heterocycles. The van der Waals surface area contributed by atoms with E-state index in [0.29, 0.717) is 10.6 Å². The number of amides is 1. The van der Waals surface area contributed by atoms with Gasteiger partial charge in [-0.25, -0.2) is 0 Å². The topological polar surface area (TPSA) is 58.4 Å². The first-order chi connectivity index (χ1) is 9.54. The van der Waals surface area contributed by atoms with Crippen LogP contribution >= 0.6 is 11.3 Å². The molecule has 0 spiro atoms. The van der Waals surface area contributed by atoms with Crippen molar-refractivity contribution in [2.45, 2.75) is 13.3 Å². The maximum absolute atomic E-state index is 12.5. The van der Waals surface area contributed by atoms with Gasteiger partial charge < -0.3 is 16.0 Å². The lowest BCUT2D eigenvalue weighted by Crippen LogP contribution is -2.29. The van der Waals surface area contributed by atoms with Crippen molar-refractivity contribution in [3.05, 3.63) is 28.6 Å². The van der Waals surface area contributed by atoms with Crippen LogP contribution in [0.1, 0.15) is 21.7 Å². The van der Waals surface area contributed by atoms with Crippen molar-refractivity contribution in [3.63, 3.8) is 0 Å². The number of nitrogens with zero attached hydrogens (tertiary/aromatic N) is 1. The van der Waals surface area contributed by atoms with Crippen molar-refractivity contribution < 1.29 is 4.79 Å². The van der Waals surface area contributed by atoms with Gasteiger partial charge in [0.2, 0.25) is 0 Å². The number of carbonyl (C=O) groups is 1. The molecule has 0 saturated carbocycles. The van der Waals surface area contributed by atoms with Crippen LogP contribution in [0.15, 0.2) is 18.2 Å². The molecule has 0 aliphatic heterocycles. The third-order valence-electron chi connectivity index (χ3n) is 3.34. The Morgan fingerprint density at radius 3 is 2.90 bits per heavy atom. The third kappa shape index (κ3) is 2.94. The summed E-state index contributed by atoms with van der Waals surface area (Å²) in [6.07, 6.45) is 0.933. The second-order valence-corrected chi connectivity index (χ2v) is 6.08. The first kappa shape index (κ1) is 14.8. The minimum Gasteiger partial charge on any atom is -0.397 e. The molecule has 4 nitrogen and oxygen atoms in total. The number of nitrogens with one attached hydrogen (secondary N) is 1. The van der Waals surface area contributed by atoms with E-state index in [2.05, 4.69) is 5.32 Å². The molecule has 108 valence electrons. The Bertz CT molecular complexity index is 621. The quantitative estimate of drug-likeness (QED) is 0.832. The fourth-order valence-corrected chi connectivity index (χ4v) is 3.26. The molecule has 0 radical (unpaired) electrons. The third-order valence-corrected chi connectivity index (χ3v) is 4.52. The van der Waals surface area contributed by atoms with Crippen LogP contribution in [-0.2, 0) is 0 Å². The van der Waals surface area contributed by atoms with E-state index in [0.717, 1.165) is 35.2 Å². The first-order valence-corrected chi connectivity index (χ1v) is 7.55. The molecule has 0 aliphatic carbocycles. The minimum absolute atomic E-state index is 0.0115. The lowest BCUT2D eigenvalue weighted by Gasteiger charge is -2.16. The summed E-state index contributed by atoms with van der Waals surface area (Å²) in [6.45, 7) is 3.66. The van der Waals surface area contributed by atoms with Crippen LogP contribution in [-0.4, -0.2) is 38.0 Å². The van der Waals surface area contributed by atoms with Gasteiger partial charge in [0.25, 0.3) is 5.91 Å². The van der Waals surface area contributed by atoms with E-state index in [9.17, 15) is 4.79 Å². The molecule has 1 aromatic carbocycles. The highest BCUT2D eigenvalue weighted by molar-refractivity contribution is 7.21. The van der Waals surface area contributed by atoms with Crippen LogP contribution < -0.4 is 11.1 Å². The Morgan fingerprint density at radius 2 is 2.20 bits per heavy atom. The summed E-state index contributed by atoms with van der Waals surface area (Å²) < 4.78 is 1.07. The molecule has 20 heavy (non-hydrogen) atoms. The number of nitrogens with two attached hydrogens (primary N) is 1. The number of benzene rings is 1. The van der Waals surface area contributed by atoms with Crippen molar-refractivity contribution in [1.82, 2.24) is 10.2 Å². The number of aryl methyl sites for hydroxylation is 1. The van der Waals surface area contributed by atoms with E-state index < -0.39 is 0 Å². The normalized spacial score (nSPS) is 10.9. The molecule has 0 fully saturated rings. The van der Waals surface area contributed by atoms with E-state index in [1.807, 2.05) is 39.2 Å². The largest absolute Gasteiger partial charge is 0.397 e. The SMILES string of the molecule is CNCCCN(C)C(=O)c1sc2ccc(C)cc2c1N. The molecule has 1 heterocycles. The van der Waals surface area contributed by atoms with Crippen LogP contribution in [0.4, 0.5) is 5.69 Å². The van der Waals surface area contributed by atoms with E-state index >= 15 is 0 Å². The Balaban J connectivity index is 2.24. The Labute approximate surface area is 123 Å². The zero-order valence-electron chi connectivity index (χ0n) is 12.2. The number of fused-ring (bicyclic) bond motifs is 1. The lowest BCUT2D eigenvalue weighted by molar-refractivity contribution is 0.0799. The first-order valence-electron chi connectivity index (χ1n) is 6.73. The van der Waals surface area contributed by atoms with Crippen LogP contribution in [0.3, 0.4) is 0 Å². The predicted molar refractivity (Wildman–Crippen MR) is 86.5 cm³/mol. The summed E-state index contributed by atoms with van der Waals surface area (Å²) in [5, 5.41) is 4.07. The van der Waals surface area contributed by atoms with Crippen LogP contribution in [0.5, 0.6) is 0 Å². The van der Waals surface area contributed by atoms with Crippen molar-refractivity contribution >= 4 is 33.0 Å². The highest BCUT2D eigenvalue weighted by Crippen LogP contribution is 2.34. The average molecular weight is 291 g/mol. The van der Waals surface area contributed by atoms with Gasteiger partial charge >= 0.3 is 0 Å². The second-order valence-electron chi connectivity index (χ2n) is 5.03. The number of hydrogen-bond acceptors (Lipinski definition) is 4. The predicted octanol–water partition coefficient (Wildman–Crippen LogP) is 2.47. The summed E-state index contributed by atoms with van der Waals surface area (Å²) in [6, 6.07) is 6.12. The fourth-order valence-electron chi connectivity index (χ4n) is 2.16. The maximum atomic E-state index is 12.5. The highest BCUT2D eigenvalue weighted by Gasteiger charge is 2.19. The number of rotatable bonds is 5. The average Bonchev–Trinajstić information content (AvgIpc) is 2.75. The van der Waals surface area contributed by atoms with Gasteiger partial charge in [-0.2, -0.15) is 0 Å². The van der Waals surface area contributed by atoms with Crippen LogP contribution in [0.2, 0.25) is 0 Å². The van der Waals surface area contributed by atoms with Gasteiger partial charge in [-0.1, -0.05) is 11.6 Å². The maximum Gasteiger partial charge on any atom is 0.265 e. The van der Waals surface area contributed by atoms with Gasteiger partial charge in [-0.05, 0) is 39.1 Å². The molecular weight excluding hydrogens is 270 g/mol. The lowest BCUT2D eigenvalue weighted by atomic mass is 10.1. The van der Waals surface area contributed by atoms with Gasteiger partial charge in [0.15, 0.2) is 0 Å². The van der Waals surface area contributed by atoms with E-state index in [4.69, 9.17) is 5.73 Å². The Kier molecular flexibility index (Phi) is 4.62. The van der Waals surface area contributed by atoms with Gasteiger partial charge in [0.1, 0.15) is 4.88 Å². The van der Waals surface area contributed by atoms with Gasteiger partial charge in [-0.15, -0.1) is 11.3 Å². The summed E-state index contributed by atoms with van der Waals surface area (Å²) in [5.41, 5.74) is 7.92. The molecule has 0 aliphatic rings. The van der Waals surface area contributed by atoms with Crippen molar-refractivity contribution in [1.29, 1.82) is 0 Å². The van der Waals surface area contributed by atoms with Gasteiger partial charge in [0, 0.05) is 23.7 Å². The van der Waals surface area contributed by atoms with E-state index in [1.165, 1.54) is 11.3 Å². The summed E-state index contributed by atoms with van der Waals surface area (Å²) >= 11 is 1.48. The number of anilines is 1. The smallest absolute Gasteiger partial charge is 0.265 e. The van der Waals surface area contributed by atoms with Crippen LogP contribution in [0.25, 0.3) is 10.1 Å². The molecule has 0 bridgehead atoms. The molecule has 0 unspecified atom stereocenters. The molecule has 3 N–H and O–H groups in total. The number of carbonyl (C=O) groups excluding carboxylic acids is 1. The van der Waals surface area contributed by atoms with Crippen molar-refractivity contribution in [2.75, 3.05) is 32.9 Å². The Hall–Kier alpha value is -1.59. The Morgan fingerprint density at radius 1 is 1.45 bits per heavy atom. The monoisotopic (exact) mass is 291 g/mol. The van der Waals surface area contributed by atoms with Crippen LogP contribution in [0, 0.1) is 6.92 Å².